The Bertz CT molecular complexity index is 546. The Morgan fingerprint density at radius 3 is 2.71 bits per heavy atom. The van der Waals surface area contributed by atoms with Crippen LogP contribution in [-0.2, 0) is 4.79 Å². The van der Waals surface area contributed by atoms with E-state index in [1.54, 1.807) is 12.1 Å². The number of unbranched alkanes of at least 4 members (excludes halogenated alkanes) is 1. The second-order valence-electron chi connectivity index (χ2n) is 5.81. The van der Waals surface area contributed by atoms with Gasteiger partial charge in [0.2, 0.25) is 0 Å². The van der Waals surface area contributed by atoms with Gasteiger partial charge in [-0.15, -0.1) is 12.3 Å². The van der Waals surface area contributed by atoms with Gasteiger partial charge in [0.1, 0.15) is 5.82 Å². The third-order valence-electron chi connectivity index (χ3n) is 3.59. The van der Waals surface area contributed by atoms with E-state index in [2.05, 4.69) is 21.9 Å². The van der Waals surface area contributed by atoms with Crippen LogP contribution in [0.1, 0.15) is 51.0 Å². The van der Waals surface area contributed by atoms with E-state index >= 15 is 0 Å². The molecule has 0 saturated carbocycles. The van der Waals surface area contributed by atoms with Crippen LogP contribution in [0.15, 0.2) is 22.7 Å². The molecule has 1 aromatic carbocycles. The van der Waals surface area contributed by atoms with Gasteiger partial charge >= 0.3 is 5.97 Å². The highest BCUT2D eigenvalue weighted by atomic mass is 79.9. The molecule has 2 nitrogen and oxygen atoms in total. The maximum Gasteiger partial charge on any atom is 0.311 e. The number of carboxylic acids is 1. The molecule has 4 heteroatoms. The van der Waals surface area contributed by atoms with Crippen LogP contribution in [0, 0.1) is 23.6 Å². The second kappa shape index (κ2) is 7.61. The van der Waals surface area contributed by atoms with E-state index in [4.69, 9.17) is 6.42 Å². The predicted molar refractivity (Wildman–Crippen MR) is 85.6 cm³/mol. The SMILES string of the molecule is C#CC(C)(C)CCCCC(C(=O)O)c1cccc(Br)c1F. The Morgan fingerprint density at radius 2 is 2.14 bits per heavy atom. The van der Waals surface area contributed by atoms with Crippen LogP contribution in [0.3, 0.4) is 0 Å². The van der Waals surface area contributed by atoms with Crippen LogP contribution in [0.5, 0.6) is 0 Å². The Morgan fingerprint density at radius 1 is 1.48 bits per heavy atom. The van der Waals surface area contributed by atoms with Crippen molar-refractivity contribution < 1.29 is 14.3 Å². The van der Waals surface area contributed by atoms with Gasteiger partial charge in [0.25, 0.3) is 0 Å². The highest BCUT2D eigenvalue weighted by Crippen LogP contribution is 2.30. The van der Waals surface area contributed by atoms with E-state index in [1.807, 2.05) is 13.8 Å². The molecule has 1 atom stereocenters. The van der Waals surface area contributed by atoms with E-state index in [0.717, 1.165) is 12.8 Å². The van der Waals surface area contributed by atoms with Crippen LogP contribution in [0.4, 0.5) is 4.39 Å². The largest absolute Gasteiger partial charge is 0.481 e. The highest BCUT2D eigenvalue weighted by Gasteiger charge is 2.24. The van der Waals surface area contributed by atoms with E-state index < -0.39 is 17.7 Å². The van der Waals surface area contributed by atoms with E-state index in [9.17, 15) is 14.3 Å². The van der Waals surface area contributed by atoms with Crippen molar-refractivity contribution in [3.63, 3.8) is 0 Å². The van der Waals surface area contributed by atoms with Crippen molar-refractivity contribution in [2.45, 2.75) is 45.4 Å². The summed E-state index contributed by atoms with van der Waals surface area (Å²) in [7, 11) is 0. The highest BCUT2D eigenvalue weighted by molar-refractivity contribution is 9.10. The fourth-order valence-electron chi connectivity index (χ4n) is 2.19. The standard InChI is InChI=1S/C17H20BrFO2/c1-4-17(2,3)11-6-5-8-13(16(20)21)12-9-7-10-14(18)15(12)19/h1,7,9-10,13H,5-6,8,11H2,2-3H3,(H,20,21). The smallest absolute Gasteiger partial charge is 0.311 e. The summed E-state index contributed by atoms with van der Waals surface area (Å²) >= 11 is 3.09. The lowest BCUT2D eigenvalue weighted by Gasteiger charge is -2.18. The first-order chi connectivity index (χ1) is 9.78. The Hall–Kier alpha value is -1.34. The van der Waals surface area contributed by atoms with Crippen molar-refractivity contribution in [3.05, 3.63) is 34.1 Å². The summed E-state index contributed by atoms with van der Waals surface area (Å²) in [6.07, 6.45) is 8.19. The molecule has 0 aliphatic carbocycles. The number of benzene rings is 1. The maximum atomic E-state index is 14.0. The molecular weight excluding hydrogens is 335 g/mol. The molecule has 1 N–H and O–H groups in total. The zero-order chi connectivity index (χ0) is 16.0. The summed E-state index contributed by atoms with van der Waals surface area (Å²) in [5.74, 6) is 0.406. The number of carbonyl (C=O) groups is 1. The molecule has 0 spiro atoms. The van der Waals surface area contributed by atoms with Gasteiger partial charge in [0.15, 0.2) is 0 Å². The lowest BCUT2D eigenvalue weighted by molar-refractivity contribution is -0.139. The zero-order valence-electron chi connectivity index (χ0n) is 12.3. The molecule has 0 amide bonds. The quantitative estimate of drug-likeness (QED) is 0.554. The summed E-state index contributed by atoms with van der Waals surface area (Å²) in [5.41, 5.74) is 0.0489. The Balaban J connectivity index is 2.70. The van der Waals surface area contributed by atoms with Crippen molar-refractivity contribution in [1.82, 2.24) is 0 Å². The first-order valence-electron chi connectivity index (χ1n) is 6.93. The topological polar surface area (TPSA) is 37.3 Å². The first kappa shape index (κ1) is 17.7. The molecule has 0 heterocycles. The van der Waals surface area contributed by atoms with Gasteiger partial charge in [-0.25, -0.2) is 4.39 Å². The lowest BCUT2D eigenvalue weighted by atomic mass is 9.86. The molecule has 1 aromatic rings. The molecular formula is C17H20BrFO2. The minimum Gasteiger partial charge on any atom is -0.481 e. The zero-order valence-corrected chi connectivity index (χ0v) is 13.9. The van der Waals surface area contributed by atoms with Gasteiger partial charge in [-0.2, -0.15) is 0 Å². The van der Waals surface area contributed by atoms with Crippen molar-refractivity contribution in [2.24, 2.45) is 5.41 Å². The average molecular weight is 355 g/mol. The molecule has 114 valence electrons. The molecule has 0 aromatic heterocycles. The fourth-order valence-corrected chi connectivity index (χ4v) is 2.57. The average Bonchev–Trinajstić information content (AvgIpc) is 2.42. The number of halogens is 2. The molecule has 1 rings (SSSR count). The first-order valence-corrected chi connectivity index (χ1v) is 7.72. The normalized spacial score (nSPS) is 12.7. The summed E-state index contributed by atoms with van der Waals surface area (Å²) in [6.45, 7) is 3.96. The van der Waals surface area contributed by atoms with E-state index in [-0.39, 0.29) is 11.0 Å². The maximum absolute atomic E-state index is 14.0. The molecule has 0 radical (unpaired) electrons. The molecule has 0 saturated heterocycles. The van der Waals surface area contributed by atoms with Gasteiger partial charge in [-0.3, -0.25) is 4.79 Å². The number of aliphatic carboxylic acids is 1. The third-order valence-corrected chi connectivity index (χ3v) is 4.20. The van der Waals surface area contributed by atoms with Crippen molar-refractivity contribution in [2.75, 3.05) is 0 Å². The van der Waals surface area contributed by atoms with Gasteiger partial charge in [-0.1, -0.05) is 25.0 Å². The minimum atomic E-state index is -0.997. The Labute approximate surface area is 133 Å². The van der Waals surface area contributed by atoms with Crippen molar-refractivity contribution >= 4 is 21.9 Å². The van der Waals surface area contributed by atoms with Crippen LogP contribution in [0.2, 0.25) is 0 Å². The lowest BCUT2D eigenvalue weighted by Crippen LogP contribution is -2.14. The van der Waals surface area contributed by atoms with Gasteiger partial charge in [0, 0.05) is 11.0 Å². The van der Waals surface area contributed by atoms with E-state index in [0.29, 0.717) is 17.3 Å². The van der Waals surface area contributed by atoms with Crippen molar-refractivity contribution in [3.8, 4) is 12.3 Å². The fraction of sp³-hybridized carbons (Fsp3) is 0.471. The predicted octanol–water partition coefficient (Wildman–Crippen LogP) is 4.98. The number of hydrogen-bond acceptors (Lipinski definition) is 1. The summed E-state index contributed by atoms with van der Waals surface area (Å²) in [5, 5.41) is 9.33. The van der Waals surface area contributed by atoms with Crippen molar-refractivity contribution in [1.29, 1.82) is 0 Å². The van der Waals surface area contributed by atoms with Crippen LogP contribution < -0.4 is 0 Å². The molecule has 1 unspecified atom stereocenters. The number of carboxylic acid groups (broad SMARTS) is 1. The van der Waals surface area contributed by atoms with Gasteiger partial charge in [0.05, 0.1) is 10.4 Å². The molecule has 0 aliphatic heterocycles. The summed E-state index contributed by atoms with van der Waals surface area (Å²) in [4.78, 5) is 11.4. The second-order valence-corrected chi connectivity index (χ2v) is 6.66. The van der Waals surface area contributed by atoms with E-state index in [1.165, 1.54) is 6.07 Å². The number of terminal acetylenes is 1. The Kier molecular flexibility index (Phi) is 6.42. The van der Waals surface area contributed by atoms with Crippen LogP contribution in [0.25, 0.3) is 0 Å². The molecule has 0 fully saturated rings. The van der Waals surface area contributed by atoms with Crippen LogP contribution in [-0.4, -0.2) is 11.1 Å². The van der Waals surface area contributed by atoms with Gasteiger partial charge in [-0.05, 0) is 48.7 Å². The molecule has 0 bridgehead atoms. The molecule has 0 aliphatic rings. The van der Waals surface area contributed by atoms with Gasteiger partial charge < -0.3 is 5.11 Å². The third kappa shape index (κ3) is 5.17. The summed E-state index contributed by atoms with van der Waals surface area (Å²) in [6, 6.07) is 4.75. The minimum absolute atomic E-state index is 0.181. The number of rotatable bonds is 7. The summed E-state index contributed by atoms with van der Waals surface area (Å²) < 4.78 is 14.3. The molecule has 21 heavy (non-hydrogen) atoms. The monoisotopic (exact) mass is 354 g/mol. The van der Waals surface area contributed by atoms with Crippen LogP contribution >= 0.6 is 15.9 Å². The number of hydrogen-bond donors (Lipinski definition) is 1.